The lowest BCUT2D eigenvalue weighted by Gasteiger charge is -2.06. The molecule has 1 aromatic carbocycles. The molecule has 1 aromatic heterocycles. The van der Waals surface area contributed by atoms with E-state index in [0.29, 0.717) is 17.9 Å². The lowest BCUT2D eigenvalue weighted by molar-refractivity contribution is 0.344. The van der Waals surface area contributed by atoms with Gasteiger partial charge in [-0.15, -0.1) is 0 Å². The number of nitrogens with zero attached hydrogens (tertiary/aromatic N) is 1. The Kier molecular flexibility index (Phi) is 4.32. The van der Waals surface area contributed by atoms with Crippen LogP contribution in [-0.2, 0) is 0 Å². The zero-order valence-corrected chi connectivity index (χ0v) is 12.3. The number of benzene rings is 1. The van der Waals surface area contributed by atoms with E-state index in [0.717, 1.165) is 27.8 Å². The monoisotopic (exact) mass is 307 g/mol. The summed E-state index contributed by atoms with van der Waals surface area (Å²) in [7, 11) is 0. The second-order valence-corrected chi connectivity index (χ2v) is 6.57. The molecule has 0 aliphatic carbocycles. The summed E-state index contributed by atoms with van der Waals surface area (Å²) in [5.74, 6) is 2.67. The van der Waals surface area contributed by atoms with Crippen LogP contribution in [0.25, 0.3) is 11.0 Å². The van der Waals surface area contributed by atoms with Gasteiger partial charge in [-0.2, -0.15) is 0 Å². The highest BCUT2D eigenvalue weighted by Crippen LogP contribution is 2.23. The van der Waals surface area contributed by atoms with Crippen molar-refractivity contribution < 1.29 is 9.15 Å². The molecule has 0 saturated carbocycles. The SMILES string of the molecule is O=c1ccc2ccc(OCCSC3=NCCS3)cc2o1. The molecule has 0 bridgehead atoms. The lowest BCUT2D eigenvalue weighted by Crippen LogP contribution is -2.01. The minimum atomic E-state index is -0.346. The Labute approximate surface area is 124 Å². The van der Waals surface area contributed by atoms with Crippen LogP contribution in [0, 0.1) is 0 Å². The maximum Gasteiger partial charge on any atom is 0.336 e. The molecule has 20 heavy (non-hydrogen) atoms. The smallest absolute Gasteiger partial charge is 0.336 e. The highest BCUT2D eigenvalue weighted by molar-refractivity contribution is 8.39. The van der Waals surface area contributed by atoms with E-state index in [9.17, 15) is 4.79 Å². The van der Waals surface area contributed by atoms with Gasteiger partial charge in [-0.25, -0.2) is 4.79 Å². The van der Waals surface area contributed by atoms with E-state index in [1.54, 1.807) is 35.7 Å². The second kappa shape index (κ2) is 6.37. The highest BCUT2D eigenvalue weighted by atomic mass is 32.2. The van der Waals surface area contributed by atoms with E-state index in [4.69, 9.17) is 9.15 Å². The van der Waals surface area contributed by atoms with E-state index in [1.807, 2.05) is 12.1 Å². The molecule has 4 nitrogen and oxygen atoms in total. The molecular weight excluding hydrogens is 294 g/mol. The van der Waals surface area contributed by atoms with Crippen LogP contribution in [0.4, 0.5) is 0 Å². The molecule has 6 heteroatoms. The summed E-state index contributed by atoms with van der Waals surface area (Å²) in [6.45, 7) is 1.53. The molecule has 0 spiro atoms. The normalized spacial score (nSPS) is 14.5. The van der Waals surface area contributed by atoms with Gasteiger partial charge >= 0.3 is 5.63 Å². The summed E-state index contributed by atoms with van der Waals surface area (Å²) in [6.07, 6.45) is 0. The average Bonchev–Trinajstić information content (AvgIpc) is 2.96. The summed E-state index contributed by atoms with van der Waals surface area (Å²) in [5.41, 5.74) is 0.208. The van der Waals surface area contributed by atoms with E-state index in [2.05, 4.69) is 4.99 Å². The number of rotatable bonds is 4. The van der Waals surface area contributed by atoms with Crippen molar-refractivity contribution in [3.05, 3.63) is 40.8 Å². The fourth-order valence-corrected chi connectivity index (χ4v) is 3.72. The number of aliphatic imine (C=N–C) groups is 1. The van der Waals surface area contributed by atoms with Crippen molar-refractivity contribution in [3.63, 3.8) is 0 Å². The third kappa shape index (κ3) is 3.37. The summed E-state index contributed by atoms with van der Waals surface area (Å²) >= 11 is 3.52. The molecule has 2 heterocycles. The Balaban J connectivity index is 1.58. The van der Waals surface area contributed by atoms with Gasteiger partial charge in [0.25, 0.3) is 0 Å². The van der Waals surface area contributed by atoms with E-state index in [1.165, 1.54) is 6.07 Å². The van der Waals surface area contributed by atoms with Gasteiger partial charge in [0.15, 0.2) is 0 Å². The first-order valence-corrected chi connectivity index (χ1v) is 8.25. The van der Waals surface area contributed by atoms with E-state index >= 15 is 0 Å². The molecule has 0 amide bonds. The molecule has 1 aliphatic rings. The van der Waals surface area contributed by atoms with Gasteiger partial charge < -0.3 is 9.15 Å². The van der Waals surface area contributed by atoms with Crippen molar-refractivity contribution >= 4 is 38.9 Å². The molecule has 0 unspecified atom stereocenters. The van der Waals surface area contributed by atoms with Crippen molar-refractivity contribution in [2.24, 2.45) is 4.99 Å². The fourth-order valence-electron chi connectivity index (χ4n) is 1.82. The maximum absolute atomic E-state index is 11.2. The van der Waals surface area contributed by atoms with Crippen LogP contribution in [0.15, 0.2) is 44.5 Å². The molecule has 104 valence electrons. The van der Waals surface area contributed by atoms with Crippen LogP contribution in [0.1, 0.15) is 0 Å². The van der Waals surface area contributed by atoms with Crippen LogP contribution < -0.4 is 10.4 Å². The topological polar surface area (TPSA) is 51.8 Å². The maximum atomic E-state index is 11.2. The Morgan fingerprint density at radius 3 is 3.10 bits per heavy atom. The van der Waals surface area contributed by atoms with Crippen LogP contribution in [0.5, 0.6) is 5.75 Å². The van der Waals surface area contributed by atoms with Gasteiger partial charge in [0.1, 0.15) is 15.7 Å². The first-order chi connectivity index (χ1) is 9.81. The molecule has 3 rings (SSSR count). The third-order valence-electron chi connectivity index (χ3n) is 2.73. The van der Waals surface area contributed by atoms with Crippen LogP contribution in [-0.4, -0.2) is 29.0 Å². The van der Waals surface area contributed by atoms with Crippen molar-refractivity contribution in [1.29, 1.82) is 0 Å². The quantitative estimate of drug-likeness (QED) is 0.642. The Morgan fingerprint density at radius 2 is 2.25 bits per heavy atom. The van der Waals surface area contributed by atoms with Crippen LogP contribution in [0.2, 0.25) is 0 Å². The largest absolute Gasteiger partial charge is 0.493 e. The van der Waals surface area contributed by atoms with Gasteiger partial charge in [0, 0.05) is 29.0 Å². The van der Waals surface area contributed by atoms with Gasteiger partial charge in [0.05, 0.1) is 13.2 Å². The minimum Gasteiger partial charge on any atom is -0.493 e. The standard InChI is InChI=1S/C14H13NO3S2/c16-13-4-2-10-1-3-11(9-12(10)18-13)17-6-8-20-14-15-5-7-19-14/h1-4,9H,5-8H2. The lowest BCUT2D eigenvalue weighted by atomic mass is 10.2. The summed E-state index contributed by atoms with van der Waals surface area (Å²) in [4.78, 5) is 15.5. The van der Waals surface area contributed by atoms with Crippen molar-refractivity contribution in [3.8, 4) is 5.75 Å². The zero-order valence-electron chi connectivity index (χ0n) is 10.7. The Hall–Kier alpha value is -1.40. The van der Waals surface area contributed by atoms with Crippen molar-refractivity contribution in [2.45, 2.75) is 0 Å². The third-order valence-corrected chi connectivity index (χ3v) is 4.95. The molecule has 0 atom stereocenters. The average molecular weight is 307 g/mol. The number of hydrogen-bond donors (Lipinski definition) is 0. The van der Waals surface area contributed by atoms with Crippen LogP contribution >= 0.6 is 23.5 Å². The minimum absolute atomic E-state index is 0.346. The van der Waals surface area contributed by atoms with Gasteiger partial charge in [-0.05, 0) is 18.2 Å². The zero-order chi connectivity index (χ0) is 13.8. The molecule has 0 fully saturated rings. The van der Waals surface area contributed by atoms with Crippen molar-refractivity contribution in [2.75, 3.05) is 24.7 Å². The molecule has 2 aromatic rings. The predicted octanol–water partition coefficient (Wildman–Crippen LogP) is 3.01. The summed E-state index contributed by atoms with van der Waals surface area (Å²) < 4.78 is 11.9. The second-order valence-electron chi connectivity index (χ2n) is 4.15. The number of fused-ring (bicyclic) bond motifs is 1. The molecular formula is C14H13NO3S2. The predicted molar refractivity (Wildman–Crippen MR) is 85.2 cm³/mol. The van der Waals surface area contributed by atoms with E-state index < -0.39 is 0 Å². The molecule has 1 aliphatic heterocycles. The summed E-state index contributed by atoms with van der Waals surface area (Å²) in [5, 5.41) is 0.892. The van der Waals surface area contributed by atoms with Gasteiger partial charge in [-0.3, -0.25) is 4.99 Å². The Bertz CT molecular complexity index is 696. The number of ether oxygens (including phenoxy) is 1. The summed E-state index contributed by atoms with van der Waals surface area (Å²) in [6, 6.07) is 8.69. The highest BCUT2D eigenvalue weighted by Gasteiger charge is 2.07. The fraction of sp³-hybridized carbons (Fsp3) is 0.286. The first kappa shape index (κ1) is 13.6. The Morgan fingerprint density at radius 1 is 1.35 bits per heavy atom. The molecule has 0 radical (unpaired) electrons. The number of hydrogen-bond acceptors (Lipinski definition) is 6. The first-order valence-electron chi connectivity index (χ1n) is 6.28. The molecule has 0 N–H and O–H groups in total. The van der Waals surface area contributed by atoms with Gasteiger partial charge in [-0.1, -0.05) is 23.5 Å². The van der Waals surface area contributed by atoms with Gasteiger partial charge in [0.2, 0.25) is 0 Å². The molecule has 0 saturated heterocycles. The van der Waals surface area contributed by atoms with Crippen molar-refractivity contribution in [1.82, 2.24) is 0 Å². The van der Waals surface area contributed by atoms with E-state index in [-0.39, 0.29) is 5.63 Å². The number of thioether (sulfide) groups is 2. The van der Waals surface area contributed by atoms with Crippen LogP contribution in [0.3, 0.4) is 0 Å².